The second kappa shape index (κ2) is 2.82. The van der Waals surface area contributed by atoms with E-state index in [9.17, 15) is 4.79 Å². The molecule has 0 unspecified atom stereocenters. The molecule has 0 aliphatic rings. The molecule has 1 atom stereocenters. The molecule has 2 nitrogen and oxygen atoms in total. The maximum absolute atomic E-state index is 10.6. The van der Waals surface area contributed by atoms with Gasteiger partial charge in [-0.15, -0.1) is 0 Å². The second-order valence-electron chi connectivity index (χ2n) is 2.23. The Hall–Kier alpha value is -0.370. The molecular weight excluding hydrogens is 104 g/mol. The van der Waals surface area contributed by atoms with Crippen molar-refractivity contribution in [3.8, 4) is 0 Å². The van der Waals surface area contributed by atoms with Gasteiger partial charge in [-0.2, -0.15) is 0 Å². The Labute approximate surface area is 49.5 Å². The molecule has 0 amide bonds. The lowest BCUT2D eigenvalue weighted by molar-refractivity contribution is -0.129. The number of aliphatic hydroxyl groups is 1. The standard InChI is InChI=1S/C6H12O2/c1-4(2)6(8)5(3)7/h4-5,7H,1-3H3/t5-/m0/s1. The van der Waals surface area contributed by atoms with Gasteiger partial charge in [-0.1, -0.05) is 13.8 Å². The SMILES string of the molecule is CC(C)C(=O)[C@H](C)O. The van der Waals surface area contributed by atoms with Crippen molar-refractivity contribution in [1.82, 2.24) is 0 Å². The lowest BCUT2D eigenvalue weighted by Crippen LogP contribution is -2.21. The summed E-state index contributed by atoms with van der Waals surface area (Å²) >= 11 is 0. The number of ketones is 1. The van der Waals surface area contributed by atoms with Gasteiger partial charge in [-0.25, -0.2) is 0 Å². The van der Waals surface area contributed by atoms with E-state index in [2.05, 4.69) is 0 Å². The molecule has 0 aromatic heterocycles. The van der Waals surface area contributed by atoms with E-state index in [4.69, 9.17) is 5.11 Å². The summed E-state index contributed by atoms with van der Waals surface area (Å²) in [5.74, 6) is -0.139. The molecule has 0 saturated carbocycles. The molecule has 0 saturated heterocycles. The quantitative estimate of drug-likeness (QED) is 0.573. The van der Waals surface area contributed by atoms with E-state index in [1.807, 2.05) is 0 Å². The van der Waals surface area contributed by atoms with Crippen molar-refractivity contribution in [1.29, 1.82) is 0 Å². The zero-order valence-electron chi connectivity index (χ0n) is 5.51. The van der Waals surface area contributed by atoms with E-state index in [0.717, 1.165) is 0 Å². The summed E-state index contributed by atoms with van der Waals surface area (Å²) in [6.45, 7) is 5.03. The Balaban J connectivity index is 3.65. The summed E-state index contributed by atoms with van der Waals surface area (Å²) in [4.78, 5) is 10.6. The minimum absolute atomic E-state index is 0.0463. The zero-order valence-corrected chi connectivity index (χ0v) is 5.51. The molecule has 0 radical (unpaired) electrons. The van der Waals surface area contributed by atoms with Crippen molar-refractivity contribution < 1.29 is 9.90 Å². The molecule has 1 N–H and O–H groups in total. The predicted octanol–water partition coefficient (Wildman–Crippen LogP) is 0.592. The van der Waals surface area contributed by atoms with Gasteiger partial charge in [0.25, 0.3) is 0 Å². The molecule has 8 heavy (non-hydrogen) atoms. The van der Waals surface area contributed by atoms with Crippen LogP contribution in [0.4, 0.5) is 0 Å². The molecule has 0 aromatic carbocycles. The van der Waals surface area contributed by atoms with Crippen molar-refractivity contribution in [2.45, 2.75) is 26.9 Å². The van der Waals surface area contributed by atoms with Crippen molar-refractivity contribution >= 4 is 5.78 Å². The molecule has 0 rings (SSSR count). The molecule has 0 spiro atoms. The van der Waals surface area contributed by atoms with Crippen LogP contribution in [-0.4, -0.2) is 17.0 Å². The highest BCUT2D eigenvalue weighted by Gasteiger charge is 2.11. The summed E-state index contributed by atoms with van der Waals surface area (Å²) in [5, 5.41) is 8.64. The van der Waals surface area contributed by atoms with Crippen LogP contribution in [0, 0.1) is 5.92 Å². The first-order chi connectivity index (χ1) is 3.55. The average Bonchev–Trinajstić information content (AvgIpc) is 1.64. The number of hydrogen-bond donors (Lipinski definition) is 1. The maximum Gasteiger partial charge on any atom is 0.163 e. The predicted molar refractivity (Wildman–Crippen MR) is 31.5 cm³/mol. The zero-order chi connectivity index (χ0) is 6.73. The van der Waals surface area contributed by atoms with Crippen molar-refractivity contribution in [2.24, 2.45) is 5.92 Å². The van der Waals surface area contributed by atoms with Gasteiger partial charge in [0.05, 0.1) is 0 Å². The van der Waals surface area contributed by atoms with E-state index >= 15 is 0 Å². The molecule has 2 heteroatoms. The number of hydrogen-bond acceptors (Lipinski definition) is 2. The number of carbonyl (C=O) groups is 1. The average molecular weight is 116 g/mol. The fourth-order valence-electron chi connectivity index (χ4n) is 0.482. The Morgan fingerprint density at radius 1 is 1.38 bits per heavy atom. The third kappa shape index (κ3) is 2.07. The number of rotatable bonds is 2. The molecule has 0 aliphatic carbocycles. The highest BCUT2D eigenvalue weighted by atomic mass is 16.3. The first-order valence-corrected chi connectivity index (χ1v) is 2.77. The largest absolute Gasteiger partial charge is 0.386 e. The fourth-order valence-corrected chi connectivity index (χ4v) is 0.482. The topological polar surface area (TPSA) is 37.3 Å². The Morgan fingerprint density at radius 2 is 1.75 bits per heavy atom. The Morgan fingerprint density at radius 3 is 1.75 bits per heavy atom. The number of aliphatic hydroxyl groups excluding tert-OH is 1. The van der Waals surface area contributed by atoms with E-state index in [1.54, 1.807) is 13.8 Å². The highest BCUT2D eigenvalue weighted by molar-refractivity contribution is 5.84. The van der Waals surface area contributed by atoms with Crippen LogP contribution in [0.5, 0.6) is 0 Å². The van der Waals surface area contributed by atoms with Crippen LogP contribution in [0.1, 0.15) is 20.8 Å². The summed E-state index contributed by atoms with van der Waals surface area (Å²) in [7, 11) is 0. The van der Waals surface area contributed by atoms with E-state index in [0.29, 0.717) is 0 Å². The first kappa shape index (κ1) is 7.63. The third-order valence-corrected chi connectivity index (χ3v) is 0.981. The van der Waals surface area contributed by atoms with Crippen LogP contribution in [-0.2, 0) is 4.79 Å². The normalized spacial score (nSPS) is 14.1. The van der Waals surface area contributed by atoms with Crippen LogP contribution in [0.2, 0.25) is 0 Å². The Bertz CT molecular complexity index is 74.5. The molecule has 0 aromatic rings. The smallest absolute Gasteiger partial charge is 0.163 e. The van der Waals surface area contributed by atoms with Crippen molar-refractivity contribution in [3.05, 3.63) is 0 Å². The summed E-state index contributed by atoms with van der Waals surface area (Å²) in [6.07, 6.45) is -0.796. The van der Waals surface area contributed by atoms with Crippen LogP contribution in [0.3, 0.4) is 0 Å². The first-order valence-electron chi connectivity index (χ1n) is 2.77. The summed E-state index contributed by atoms with van der Waals surface area (Å²) in [5.41, 5.74) is 0. The number of carbonyl (C=O) groups excluding carboxylic acids is 1. The van der Waals surface area contributed by atoms with Gasteiger partial charge in [0.2, 0.25) is 0 Å². The van der Waals surface area contributed by atoms with Crippen LogP contribution >= 0.6 is 0 Å². The monoisotopic (exact) mass is 116 g/mol. The van der Waals surface area contributed by atoms with Gasteiger partial charge in [0.1, 0.15) is 6.10 Å². The molecule has 0 heterocycles. The van der Waals surface area contributed by atoms with Crippen molar-refractivity contribution in [3.63, 3.8) is 0 Å². The van der Waals surface area contributed by atoms with Crippen LogP contribution in [0.15, 0.2) is 0 Å². The number of Topliss-reactive ketones (excluding diaryl/α,β-unsaturated/α-hetero) is 1. The lowest BCUT2D eigenvalue weighted by Gasteiger charge is -2.04. The van der Waals surface area contributed by atoms with E-state index < -0.39 is 6.10 Å². The van der Waals surface area contributed by atoms with Gasteiger partial charge in [0.15, 0.2) is 5.78 Å². The van der Waals surface area contributed by atoms with Gasteiger partial charge < -0.3 is 5.11 Å². The Kier molecular flexibility index (Phi) is 2.69. The summed E-state index contributed by atoms with van der Waals surface area (Å²) < 4.78 is 0. The lowest BCUT2D eigenvalue weighted by atomic mass is 10.1. The van der Waals surface area contributed by atoms with Crippen molar-refractivity contribution in [2.75, 3.05) is 0 Å². The van der Waals surface area contributed by atoms with E-state index in [1.165, 1.54) is 6.92 Å². The molecule has 48 valence electrons. The molecule has 0 bridgehead atoms. The fraction of sp³-hybridized carbons (Fsp3) is 0.833. The van der Waals surface area contributed by atoms with E-state index in [-0.39, 0.29) is 11.7 Å². The molecular formula is C6H12O2. The van der Waals surface area contributed by atoms with Gasteiger partial charge in [-0.05, 0) is 6.92 Å². The highest BCUT2D eigenvalue weighted by Crippen LogP contribution is 1.97. The maximum atomic E-state index is 10.6. The van der Waals surface area contributed by atoms with Gasteiger partial charge >= 0.3 is 0 Å². The molecule has 0 fully saturated rings. The molecule has 0 aliphatic heterocycles. The minimum atomic E-state index is -0.796. The third-order valence-electron chi connectivity index (χ3n) is 0.981. The van der Waals surface area contributed by atoms with Crippen LogP contribution < -0.4 is 0 Å². The minimum Gasteiger partial charge on any atom is -0.386 e. The second-order valence-corrected chi connectivity index (χ2v) is 2.23. The van der Waals surface area contributed by atoms with Gasteiger partial charge in [0, 0.05) is 5.92 Å². The van der Waals surface area contributed by atoms with Crippen LogP contribution in [0.25, 0.3) is 0 Å². The van der Waals surface area contributed by atoms with Gasteiger partial charge in [-0.3, -0.25) is 4.79 Å². The summed E-state index contributed by atoms with van der Waals surface area (Å²) in [6, 6.07) is 0.